The van der Waals surface area contributed by atoms with Crippen LogP contribution in [0, 0.1) is 0 Å². The van der Waals surface area contributed by atoms with Gasteiger partial charge < -0.3 is 14.9 Å². The maximum absolute atomic E-state index is 9.47. The smallest absolute Gasteiger partial charge is 0.132 e. The molecule has 2 saturated heterocycles. The van der Waals surface area contributed by atoms with Crippen LogP contribution in [0.25, 0.3) is 0 Å². The third-order valence-electron chi connectivity index (χ3n) is 5.65. The van der Waals surface area contributed by atoms with Gasteiger partial charge in [-0.15, -0.1) is 0 Å². The van der Waals surface area contributed by atoms with Crippen molar-refractivity contribution in [1.29, 1.82) is 0 Å². The molecule has 1 saturated carbocycles. The SMILES string of the molecule is OC1CC(c2cc(N3CCC(N4CCCC4)CC3)ncn2)C1. The molecule has 0 amide bonds. The van der Waals surface area contributed by atoms with Crippen LogP contribution in [0.4, 0.5) is 5.82 Å². The van der Waals surface area contributed by atoms with Gasteiger partial charge in [-0.1, -0.05) is 0 Å². The summed E-state index contributed by atoms with van der Waals surface area (Å²) in [4.78, 5) is 14.0. The second-order valence-electron chi connectivity index (χ2n) is 7.08. The lowest BCUT2D eigenvalue weighted by atomic mass is 9.80. The number of anilines is 1. The third kappa shape index (κ3) is 2.84. The zero-order chi connectivity index (χ0) is 14.9. The van der Waals surface area contributed by atoms with E-state index in [1.807, 2.05) is 0 Å². The summed E-state index contributed by atoms with van der Waals surface area (Å²) in [5, 5.41) is 9.47. The first-order valence-electron chi connectivity index (χ1n) is 8.78. The fourth-order valence-corrected chi connectivity index (χ4v) is 4.15. The molecule has 1 N–H and O–H groups in total. The van der Waals surface area contributed by atoms with Crippen LogP contribution in [0.3, 0.4) is 0 Å². The average molecular weight is 302 g/mol. The predicted molar refractivity (Wildman–Crippen MR) is 86.1 cm³/mol. The highest BCUT2D eigenvalue weighted by Crippen LogP contribution is 2.36. The van der Waals surface area contributed by atoms with Crippen molar-refractivity contribution in [1.82, 2.24) is 14.9 Å². The van der Waals surface area contributed by atoms with Gasteiger partial charge in [-0.2, -0.15) is 0 Å². The average Bonchev–Trinajstić information content (AvgIpc) is 3.07. The molecule has 5 heteroatoms. The van der Waals surface area contributed by atoms with Gasteiger partial charge >= 0.3 is 0 Å². The number of nitrogens with zero attached hydrogens (tertiary/aromatic N) is 4. The van der Waals surface area contributed by atoms with Crippen molar-refractivity contribution in [2.75, 3.05) is 31.1 Å². The molecular formula is C17H26N4O. The Morgan fingerprint density at radius 2 is 1.73 bits per heavy atom. The first-order chi connectivity index (χ1) is 10.8. The van der Waals surface area contributed by atoms with E-state index in [1.54, 1.807) is 6.33 Å². The summed E-state index contributed by atoms with van der Waals surface area (Å²) < 4.78 is 0. The number of aliphatic hydroxyl groups excluding tert-OH is 1. The molecule has 0 unspecified atom stereocenters. The number of hydrogen-bond donors (Lipinski definition) is 1. The number of piperidine rings is 1. The molecule has 1 aromatic rings. The Morgan fingerprint density at radius 1 is 1.00 bits per heavy atom. The molecule has 3 fully saturated rings. The van der Waals surface area contributed by atoms with E-state index in [1.165, 1.54) is 38.8 Å². The summed E-state index contributed by atoms with van der Waals surface area (Å²) in [7, 11) is 0. The molecule has 3 heterocycles. The van der Waals surface area contributed by atoms with E-state index in [9.17, 15) is 5.11 Å². The van der Waals surface area contributed by atoms with Crippen LogP contribution in [-0.4, -0.2) is 58.3 Å². The van der Waals surface area contributed by atoms with Crippen LogP contribution < -0.4 is 4.90 Å². The lowest BCUT2D eigenvalue weighted by Crippen LogP contribution is -2.44. The van der Waals surface area contributed by atoms with Gasteiger partial charge in [0.25, 0.3) is 0 Å². The van der Waals surface area contributed by atoms with Crippen LogP contribution in [0.2, 0.25) is 0 Å². The molecule has 0 aromatic carbocycles. The molecule has 1 aliphatic carbocycles. The Balaban J connectivity index is 1.37. The normalized spacial score (nSPS) is 30.5. The van der Waals surface area contributed by atoms with Crippen molar-refractivity contribution in [3.63, 3.8) is 0 Å². The fraction of sp³-hybridized carbons (Fsp3) is 0.765. The van der Waals surface area contributed by atoms with Gasteiger partial charge in [-0.3, -0.25) is 0 Å². The van der Waals surface area contributed by atoms with Gasteiger partial charge in [0.2, 0.25) is 0 Å². The summed E-state index contributed by atoms with van der Waals surface area (Å²) in [5.74, 6) is 1.50. The highest BCUT2D eigenvalue weighted by Gasteiger charge is 2.31. The minimum Gasteiger partial charge on any atom is -0.393 e. The largest absolute Gasteiger partial charge is 0.393 e. The zero-order valence-electron chi connectivity index (χ0n) is 13.2. The number of rotatable bonds is 3. The summed E-state index contributed by atoms with van der Waals surface area (Å²) in [5.41, 5.74) is 1.11. The number of hydrogen-bond acceptors (Lipinski definition) is 5. The fourth-order valence-electron chi connectivity index (χ4n) is 4.15. The highest BCUT2D eigenvalue weighted by molar-refractivity contribution is 5.40. The minimum absolute atomic E-state index is 0.125. The monoisotopic (exact) mass is 302 g/mol. The van der Waals surface area contributed by atoms with E-state index < -0.39 is 0 Å². The lowest BCUT2D eigenvalue weighted by molar-refractivity contribution is 0.0732. The third-order valence-corrected chi connectivity index (χ3v) is 5.65. The molecule has 4 rings (SSSR count). The van der Waals surface area contributed by atoms with Crippen LogP contribution >= 0.6 is 0 Å². The van der Waals surface area contributed by atoms with E-state index in [0.29, 0.717) is 5.92 Å². The van der Waals surface area contributed by atoms with E-state index in [4.69, 9.17) is 0 Å². The van der Waals surface area contributed by atoms with Crippen molar-refractivity contribution in [3.8, 4) is 0 Å². The van der Waals surface area contributed by atoms with Crippen molar-refractivity contribution in [2.24, 2.45) is 0 Å². The molecule has 120 valence electrons. The maximum atomic E-state index is 9.47. The van der Waals surface area contributed by atoms with E-state index in [0.717, 1.165) is 43.5 Å². The van der Waals surface area contributed by atoms with Gasteiger partial charge in [0, 0.05) is 36.8 Å². The zero-order valence-corrected chi connectivity index (χ0v) is 13.2. The van der Waals surface area contributed by atoms with Gasteiger partial charge in [-0.05, 0) is 51.6 Å². The second-order valence-corrected chi connectivity index (χ2v) is 7.08. The van der Waals surface area contributed by atoms with Gasteiger partial charge in [0.1, 0.15) is 12.1 Å². The Hall–Kier alpha value is -1.20. The molecule has 0 bridgehead atoms. The van der Waals surface area contributed by atoms with E-state index in [2.05, 4.69) is 25.8 Å². The van der Waals surface area contributed by atoms with Crippen LogP contribution in [-0.2, 0) is 0 Å². The first kappa shape index (κ1) is 14.4. The summed E-state index contributed by atoms with van der Waals surface area (Å²) >= 11 is 0. The Kier molecular flexibility index (Phi) is 4.01. The topological polar surface area (TPSA) is 52.5 Å². The Morgan fingerprint density at radius 3 is 2.41 bits per heavy atom. The maximum Gasteiger partial charge on any atom is 0.132 e. The molecule has 2 aliphatic heterocycles. The highest BCUT2D eigenvalue weighted by atomic mass is 16.3. The molecule has 22 heavy (non-hydrogen) atoms. The Labute approximate surface area is 132 Å². The van der Waals surface area contributed by atoms with Crippen molar-refractivity contribution < 1.29 is 5.11 Å². The number of likely N-dealkylation sites (tertiary alicyclic amines) is 1. The quantitative estimate of drug-likeness (QED) is 0.922. The van der Waals surface area contributed by atoms with E-state index in [-0.39, 0.29) is 6.10 Å². The molecule has 0 radical (unpaired) electrons. The van der Waals surface area contributed by atoms with Crippen molar-refractivity contribution >= 4 is 5.82 Å². The molecule has 3 aliphatic rings. The number of aliphatic hydroxyl groups is 1. The van der Waals surface area contributed by atoms with Gasteiger partial charge in [0.15, 0.2) is 0 Å². The van der Waals surface area contributed by atoms with Gasteiger partial charge in [0.05, 0.1) is 6.10 Å². The summed E-state index contributed by atoms with van der Waals surface area (Å²) in [6.45, 7) is 4.80. The van der Waals surface area contributed by atoms with Crippen LogP contribution in [0.15, 0.2) is 12.4 Å². The molecule has 1 aromatic heterocycles. The summed E-state index contributed by atoms with van der Waals surface area (Å²) in [6.07, 6.45) is 8.54. The van der Waals surface area contributed by atoms with E-state index >= 15 is 0 Å². The predicted octanol–water partition coefficient (Wildman–Crippen LogP) is 1.78. The molecule has 5 nitrogen and oxygen atoms in total. The Bertz CT molecular complexity index is 503. The second kappa shape index (κ2) is 6.13. The molecule has 0 atom stereocenters. The molecular weight excluding hydrogens is 276 g/mol. The minimum atomic E-state index is -0.125. The van der Waals surface area contributed by atoms with Crippen LogP contribution in [0.1, 0.15) is 50.1 Å². The van der Waals surface area contributed by atoms with Crippen molar-refractivity contribution in [3.05, 3.63) is 18.1 Å². The van der Waals surface area contributed by atoms with Crippen molar-refractivity contribution in [2.45, 2.75) is 56.6 Å². The summed E-state index contributed by atoms with van der Waals surface area (Å²) in [6, 6.07) is 2.93. The standard InChI is InChI=1S/C17H26N4O/c22-15-9-13(10-15)16-11-17(19-12-18-16)21-7-3-14(4-8-21)20-5-1-2-6-20/h11-15,22H,1-10H2. The first-order valence-corrected chi connectivity index (χ1v) is 8.78. The molecule has 0 spiro atoms. The number of aromatic nitrogens is 2. The lowest BCUT2D eigenvalue weighted by Gasteiger charge is -2.37. The van der Waals surface area contributed by atoms with Gasteiger partial charge in [-0.25, -0.2) is 9.97 Å². The van der Waals surface area contributed by atoms with Crippen LogP contribution in [0.5, 0.6) is 0 Å².